The third-order valence-electron chi connectivity index (χ3n) is 3.54. The minimum Gasteiger partial charge on any atom is -0.480 e. The summed E-state index contributed by atoms with van der Waals surface area (Å²) in [6, 6.07) is 0. The molecule has 1 heterocycles. The molecule has 1 saturated heterocycles. The number of hydrogen-bond acceptors (Lipinski definition) is 4. The van der Waals surface area contributed by atoms with Crippen LogP contribution in [0.1, 0.15) is 33.6 Å². The number of rotatable bonds is 6. The van der Waals surface area contributed by atoms with Gasteiger partial charge in [0.25, 0.3) is 0 Å². The van der Waals surface area contributed by atoms with E-state index in [4.69, 9.17) is 9.84 Å². The average Bonchev–Trinajstić information content (AvgIpc) is 2.38. The van der Waals surface area contributed by atoms with Gasteiger partial charge in [-0.05, 0) is 46.7 Å². The second-order valence-electron chi connectivity index (χ2n) is 5.26. The van der Waals surface area contributed by atoms with E-state index in [2.05, 4.69) is 5.32 Å². The molecule has 2 N–H and O–H groups in total. The van der Waals surface area contributed by atoms with Gasteiger partial charge in [-0.1, -0.05) is 0 Å². The summed E-state index contributed by atoms with van der Waals surface area (Å²) < 4.78 is 5.58. The maximum absolute atomic E-state index is 12.1. The molecule has 1 aliphatic rings. The van der Waals surface area contributed by atoms with Crippen molar-refractivity contribution in [1.29, 1.82) is 0 Å². The molecular weight excluding hydrogens is 248 g/mol. The van der Waals surface area contributed by atoms with Crippen LogP contribution in [-0.2, 0) is 14.3 Å². The summed E-state index contributed by atoms with van der Waals surface area (Å²) in [5, 5.41) is 12.4. The van der Waals surface area contributed by atoms with Crippen LogP contribution in [0.15, 0.2) is 0 Å². The highest BCUT2D eigenvalue weighted by Gasteiger charge is 2.36. The van der Waals surface area contributed by atoms with Crippen LogP contribution < -0.4 is 5.32 Å². The lowest BCUT2D eigenvalue weighted by Crippen LogP contribution is -2.54. The lowest BCUT2D eigenvalue weighted by Gasteiger charge is -2.34. The molecule has 19 heavy (non-hydrogen) atoms. The van der Waals surface area contributed by atoms with Crippen LogP contribution in [-0.4, -0.2) is 59.8 Å². The fraction of sp³-hybridized carbons (Fsp3) is 0.846. The summed E-state index contributed by atoms with van der Waals surface area (Å²) in [4.78, 5) is 24.6. The first kappa shape index (κ1) is 15.9. The molecule has 1 fully saturated rings. The van der Waals surface area contributed by atoms with Crippen LogP contribution in [0.25, 0.3) is 0 Å². The monoisotopic (exact) mass is 272 g/mol. The van der Waals surface area contributed by atoms with Gasteiger partial charge in [0.1, 0.15) is 12.1 Å². The molecule has 0 spiro atoms. The van der Waals surface area contributed by atoms with Crippen molar-refractivity contribution >= 4 is 11.9 Å². The number of piperidine rings is 1. The Hall–Kier alpha value is -1.14. The van der Waals surface area contributed by atoms with Gasteiger partial charge in [0.2, 0.25) is 5.91 Å². The molecule has 0 unspecified atom stereocenters. The molecule has 0 aromatic heterocycles. The molecule has 0 saturated carbocycles. The Balaban J connectivity index is 2.52. The number of likely N-dealkylation sites (N-methyl/N-ethyl adjacent to an activating group) is 1. The smallest absolute Gasteiger partial charge is 0.329 e. The molecule has 1 rings (SSSR count). The van der Waals surface area contributed by atoms with Crippen molar-refractivity contribution < 1.29 is 19.4 Å². The van der Waals surface area contributed by atoms with Crippen LogP contribution in [0.5, 0.6) is 0 Å². The summed E-state index contributed by atoms with van der Waals surface area (Å²) in [7, 11) is 0. The highest BCUT2D eigenvalue weighted by Crippen LogP contribution is 2.15. The van der Waals surface area contributed by atoms with Crippen LogP contribution in [0.4, 0.5) is 0 Å². The highest BCUT2D eigenvalue weighted by atomic mass is 16.5. The third-order valence-corrected chi connectivity index (χ3v) is 3.54. The Kier molecular flexibility index (Phi) is 5.75. The fourth-order valence-electron chi connectivity index (χ4n) is 2.23. The number of carbonyl (C=O) groups is 2. The first-order valence-corrected chi connectivity index (χ1v) is 6.75. The molecule has 1 aliphatic heterocycles. The van der Waals surface area contributed by atoms with Crippen molar-refractivity contribution in [2.75, 3.05) is 26.2 Å². The molecule has 1 amide bonds. The van der Waals surface area contributed by atoms with Gasteiger partial charge >= 0.3 is 5.97 Å². The minimum absolute atomic E-state index is 0.0464. The predicted octanol–water partition coefficient (Wildman–Crippen LogP) is 0.467. The van der Waals surface area contributed by atoms with E-state index in [0.717, 1.165) is 25.9 Å². The molecule has 0 aromatic carbocycles. The quantitative estimate of drug-likeness (QED) is 0.734. The van der Waals surface area contributed by atoms with E-state index in [1.165, 1.54) is 18.7 Å². The second-order valence-corrected chi connectivity index (χ2v) is 5.26. The van der Waals surface area contributed by atoms with E-state index in [1.54, 1.807) is 6.92 Å². The zero-order valence-corrected chi connectivity index (χ0v) is 11.9. The number of carboxylic acid groups (broad SMARTS) is 1. The molecule has 110 valence electrons. The van der Waals surface area contributed by atoms with Crippen LogP contribution in [0.2, 0.25) is 0 Å². The first-order valence-electron chi connectivity index (χ1n) is 6.75. The van der Waals surface area contributed by atoms with Gasteiger partial charge in [0.15, 0.2) is 0 Å². The van der Waals surface area contributed by atoms with E-state index in [1.807, 2.05) is 0 Å². The Labute approximate surface area is 114 Å². The number of nitrogens with one attached hydrogen (secondary N) is 1. The van der Waals surface area contributed by atoms with Crippen molar-refractivity contribution in [3.63, 3.8) is 0 Å². The molecule has 0 aromatic rings. The maximum atomic E-state index is 12.1. The fourth-order valence-corrected chi connectivity index (χ4v) is 2.23. The van der Waals surface area contributed by atoms with E-state index >= 15 is 0 Å². The normalized spacial score (nSPS) is 17.2. The van der Waals surface area contributed by atoms with Crippen molar-refractivity contribution in [1.82, 2.24) is 10.2 Å². The summed E-state index contributed by atoms with van der Waals surface area (Å²) in [6.07, 6.45) is 1.88. The lowest BCUT2D eigenvalue weighted by atomic mass is 10.0. The van der Waals surface area contributed by atoms with Gasteiger partial charge in [-0.15, -0.1) is 0 Å². The minimum atomic E-state index is -1.21. The second kappa shape index (κ2) is 6.86. The van der Waals surface area contributed by atoms with Crippen molar-refractivity contribution in [3.05, 3.63) is 0 Å². The van der Waals surface area contributed by atoms with Crippen LogP contribution >= 0.6 is 0 Å². The Morgan fingerprint density at radius 3 is 2.42 bits per heavy atom. The Morgan fingerprint density at radius 1 is 1.37 bits per heavy atom. The van der Waals surface area contributed by atoms with Crippen LogP contribution in [0.3, 0.4) is 0 Å². The number of amides is 1. The van der Waals surface area contributed by atoms with E-state index in [9.17, 15) is 9.59 Å². The lowest BCUT2D eigenvalue weighted by molar-refractivity contribution is -0.159. The van der Waals surface area contributed by atoms with Crippen LogP contribution in [0, 0.1) is 0 Å². The summed E-state index contributed by atoms with van der Waals surface area (Å²) in [5.74, 6) is -1.28. The van der Waals surface area contributed by atoms with E-state index in [0.29, 0.717) is 6.54 Å². The number of carboxylic acids is 1. The number of nitrogens with zero attached hydrogens (tertiary/aromatic N) is 1. The van der Waals surface area contributed by atoms with Gasteiger partial charge in [-0.3, -0.25) is 4.79 Å². The van der Waals surface area contributed by atoms with Crippen molar-refractivity contribution in [2.24, 2.45) is 0 Å². The molecule has 6 nitrogen and oxygen atoms in total. The number of aliphatic carboxylic acids is 1. The maximum Gasteiger partial charge on any atom is 0.329 e. The van der Waals surface area contributed by atoms with Gasteiger partial charge in [0.05, 0.1) is 6.10 Å². The van der Waals surface area contributed by atoms with E-state index in [-0.39, 0.29) is 18.6 Å². The number of carbonyl (C=O) groups excluding carboxylic acids is 1. The molecule has 0 radical (unpaired) electrons. The summed E-state index contributed by atoms with van der Waals surface area (Å²) in [5.41, 5.74) is -1.21. The number of ether oxygens (including phenoxy) is 1. The van der Waals surface area contributed by atoms with Crippen molar-refractivity contribution in [3.8, 4) is 0 Å². The van der Waals surface area contributed by atoms with Gasteiger partial charge in [-0.25, -0.2) is 4.79 Å². The third kappa shape index (κ3) is 4.18. The zero-order chi connectivity index (χ0) is 14.5. The largest absolute Gasteiger partial charge is 0.480 e. The topological polar surface area (TPSA) is 78.9 Å². The number of hydrogen-bond donors (Lipinski definition) is 2. The molecular formula is C13H24N2O4. The Bertz CT molecular complexity index is 325. The van der Waals surface area contributed by atoms with Crippen molar-refractivity contribution in [2.45, 2.75) is 45.3 Å². The first-order chi connectivity index (χ1) is 8.89. The molecule has 0 aliphatic carbocycles. The molecule has 0 atom stereocenters. The summed E-state index contributed by atoms with van der Waals surface area (Å²) >= 11 is 0. The Morgan fingerprint density at radius 2 is 1.95 bits per heavy atom. The highest BCUT2D eigenvalue weighted by molar-refractivity contribution is 5.86. The standard InChI is InChI=1S/C13H24N2O4/c1-4-15(13(2,3)12(17)18)11(16)9-19-10-5-7-14-8-6-10/h10,14H,4-9H2,1-3H3,(H,17,18). The van der Waals surface area contributed by atoms with Gasteiger partial charge in [-0.2, -0.15) is 0 Å². The molecule has 6 heteroatoms. The molecule has 0 bridgehead atoms. The SMILES string of the molecule is CCN(C(=O)COC1CCNCC1)C(C)(C)C(=O)O. The van der Waals surface area contributed by atoms with E-state index < -0.39 is 11.5 Å². The van der Waals surface area contributed by atoms with Gasteiger partial charge < -0.3 is 20.1 Å². The predicted molar refractivity (Wildman–Crippen MR) is 70.9 cm³/mol. The van der Waals surface area contributed by atoms with Gasteiger partial charge in [0, 0.05) is 6.54 Å². The summed E-state index contributed by atoms with van der Waals surface area (Å²) in [6.45, 7) is 6.94. The average molecular weight is 272 g/mol. The zero-order valence-electron chi connectivity index (χ0n) is 11.9.